The molecule has 0 aliphatic heterocycles. The lowest BCUT2D eigenvalue weighted by Crippen LogP contribution is -2.35. The molecule has 5 nitrogen and oxygen atoms in total. The molecule has 0 aromatic heterocycles. The molecule has 1 saturated carbocycles. The first-order valence-electron chi connectivity index (χ1n) is 6.82. The standard InChI is InChI=1S/C14H19BrN2O3S/c1-9-12(7-11(8-13(9)15)21(16,19)20)14(18)17(2)10-5-3-4-6-10/h7-8,10H,3-6H2,1-2H3,(H2,16,19,20). The summed E-state index contributed by atoms with van der Waals surface area (Å²) in [5.74, 6) is -0.161. The molecule has 21 heavy (non-hydrogen) atoms. The van der Waals surface area contributed by atoms with Crippen molar-refractivity contribution < 1.29 is 13.2 Å². The topological polar surface area (TPSA) is 80.5 Å². The number of nitrogens with zero attached hydrogens (tertiary/aromatic N) is 1. The van der Waals surface area contributed by atoms with Crippen molar-refractivity contribution in [1.29, 1.82) is 0 Å². The molecular formula is C14H19BrN2O3S. The Bertz CT molecular complexity index is 667. The minimum absolute atomic E-state index is 0.0526. The van der Waals surface area contributed by atoms with Crippen LogP contribution in [0.2, 0.25) is 0 Å². The molecule has 0 saturated heterocycles. The van der Waals surface area contributed by atoms with E-state index in [1.54, 1.807) is 18.9 Å². The summed E-state index contributed by atoms with van der Waals surface area (Å²) < 4.78 is 23.6. The first-order valence-corrected chi connectivity index (χ1v) is 9.16. The molecule has 2 N–H and O–H groups in total. The van der Waals surface area contributed by atoms with Gasteiger partial charge in [-0.1, -0.05) is 28.8 Å². The van der Waals surface area contributed by atoms with Crippen molar-refractivity contribution in [3.05, 3.63) is 27.7 Å². The monoisotopic (exact) mass is 374 g/mol. The molecule has 1 amide bonds. The Hall–Kier alpha value is -0.920. The molecule has 7 heteroatoms. The van der Waals surface area contributed by atoms with Crippen LogP contribution in [0.1, 0.15) is 41.6 Å². The number of benzene rings is 1. The predicted molar refractivity (Wildman–Crippen MR) is 84.6 cm³/mol. The quantitative estimate of drug-likeness (QED) is 0.881. The number of nitrogens with two attached hydrogens (primary N) is 1. The lowest BCUT2D eigenvalue weighted by atomic mass is 10.1. The molecule has 1 aromatic carbocycles. The number of halogens is 1. The number of primary sulfonamides is 1. The third-order valence-corrected chi connectivity index (χ3v) is 5.79. The zero-order chi connectivity index (χ0) is 15.8. The van der Waals surface area contributed by atoms with E-state index in [2.05, 4.69) is 15.9 Å². The maximum absolute atomic E-state index is 12.7. The van der Waals surface area contributed by atoms with Gasteiger partial charge in [-0.05, 0) is 37.5 Å². The number of hydrogen-bond donors (Lipinski definition) is 1. The van der Waals surface area contributed by atoms with Crippen LogP contribution >= 0.6 is 15.9 Å². The maximum atomic E-state index is 12.7. The van der Waals surface area contributed by atoms with Gasteiger partial charge in [0.15, 0.2) is 0 Å². The lowest BCUT2D eigenvalue weighted by Gasteiger charge is -2.25. The van der Waals surface area contributed by atoms with Gasteiger partial charge >= 0.3 is 0 Å². The van der Waals surface area contributed by atoms with E-state index in [4.69, 9.17) is 5.14 Å². The van der Waals surface area contributed by atoms with Gasteiger partial charge in [-0.15, -0.1) is 0 Å². The number of sulfonamides is 1. The highest BCUT2D eigenvalue weighted by molar-refractivity contribution is 9.10. The second-order valence-electron chi connectivity index (χ2n) is 5.48. The van der Waals surface area contributed by atoms with Crippen molar-refractivity contribution in [1.82, 2.24) is 4.90 Å². The highest BCUT2D eigenvalue weighted by Gasteiger charge is 2.26. The van der Waals surface area contributed by atoms with Crippen LogP contribution < -0.4 is 5.14 Å². The zero-order valence-corrected chi connectivity index (χ0v) is 14.5. The van der Waals surface area contributed by atoms with Crippen LogP contribution in [-0.2, 0) is 10.0 Å². The third kappa shape index (κ3) is 3.46. The summed E-state index contributed by atoms with van der Waals surface area (Å²) in [6, 6.07) is 3.02. The van der Waals surface area contributed by atoms with Gasteiger partial charge in [0, 0.05) is 23.1 Å². The number of rotatable bonds is 3. The Labute approximate surface area is 133 Å². The fourth-order valence-corrected chi connectivity index (χ4v) is 3.86. The van der Waals surface area contributed by atoms with Gasteiger partial charge in [-0.25, -0.2) is 13.6 Å². The molecule has 1 fully saturated rings. The first-order chi connectivity index (χ1) is 9.71. The van der Waals surface area contributed by atoms with Gasteiger partial charge < -0.3 is 4.90 Å². The van der Waals surface area contributed by atoms with Crippen LogP contribution in [0.15, 0.2) is 21.5 Å². The van der Waals surface area contributed by atoms with Gasteiger partial charge in [-0.3, -0.25) is 4.79 Å². The molecule has 1 aromatic rings. The highest BCUT2D eigenvalue weighted by atomic mass is 79.9. The van der Waals surface area contributed by atoms with Gasteiger partial charge in [0.2, 0.25) is 10.0 Å². The molecule has 1 aliphatic rings. The van der Waals surface area contributed by atoms with E-state index < -0.39 is 10.0 Å². The lowest BCUT2D eigenvalue weighted by molar-refractivity contribution is 0.0734. The van der Waals surface area contributed by atoms with Crippen LogP contribution in [-0.4, -0.2) is 32.3 Å². The SMILES string of the molecule is Cc1c(Br)cc(S(N)(=O)=O)cc1C(=O)N(C)C1CCCC1. The van der Waals surface area contributed by atoms with Crippen LogP contribution in [0, 0.1) is 6.92 Å². The largest absolute Gasteiger partial charge is 0.339 e. The molecule has 0 radical (unpaired) electrons. The second kappa shape index (κ2) is 6.06. The fourth-order valence-electron chi connectivity index (χ4n) is 2.69. The van der Waals surface area contributed by atoms with Crippen molar-refractivity contribution in [2.75, 3.05) is 7.05 Å². The highest BCUT2D eigenvalue weighted by Crippen LogP contribution is 2.28. The molecule has 0 atom stereocenters. The molecule has 0 heterocycles. The van der Waals surface area contributed by atoms with E-state index in [0.717, 1.165) is 31.2 Å². The molecule has 1 aliphatic carbocycles. The Morgan fingerprint density at radius 2 is 1.90 bits per heavy atom. The second-order valence-corrected chi connectivity index (χ2v) is 7.89. The summed E-state index contributed by atoms with van der Waals surface area (Å²) in [5, 5.41) is 5.17. The maximum Gasteiger partial charge on any atom is 0.254 e. The Balaban J connectivity index is 2.42. The molecule has 116 valence electrons. The van der Waals surface area contributed by atoms with Crippen LogP contribution in [0.3, 0.4) is 0 Å². The molecule has 0 unspecified atom stereocenters. The van der Waals surface area contributed by atoms with Crippen LogP contribution in [0.25, 0.3) is 0 Å². The van der Waals surface area contributed by atoms with Crippen molar-refractivity contribution in [2.45, 2.75) is 43.5 Å². The number of amides is 1. The summed E-state index contributed by atoms with van der Waals surface area (Å²) in [6.45, 7) is 1.78. The molecule has 0 spiro atoms. The van der Waals surface area contributed by atoms with Crippen molar-refractivity contribution in [3.8, 4) is 0 Å². The van der Waals surface area contributed by atoms with Crippen molar-refractivity contribution in [2.24, 2.45) is 5.14 Å². The van der Waals surface area contributed by atoms with E-state index >= 15 is 0 Å². The first kappa shape index (κ1) is 16.5. The Kier molecular flexibility index (Phi) is 4.75. The summed E-state index contributed by atoms with van der Waals surface area (Å²) in [4.78, 5) is 14.3. The van der Waals surface area contributed by atoms with E-state index in [1.807, 2.05) is 0 Å². The fraction of sp³-hybridized carbons (Fsp3) is 0.500. The van der Waals surface area contributed by atoms with E-state index in [9.17, 15) is 13.2 Å². The number of carbonyl (C=O) groups is 1. The van der Waals surface area contributed by atoms with Crippen LogP contribution in [0.4, 0.5) is 0 Å². The Morgan fingerprint density at radius 3 is 2.43 bits per heavy atom. The normalized spacial score (nSPS) is 16.2. The van der Waals surface area contributed by atoms with Crippen LogP contribution in [0.5, 0.6) is 0 Å². The average molecular weight is 375 g/mol. The number of carbonyl (C=O) groups excluding carboxylic acids is 1. The van der Waals surface area contributed by atoms with Crippen molar-refractivity contribution >= 4 is 31.9 Å². The summed E-state index contributed by atoms with van der Waals surface area (Å²) in [6.07, 6.45) is 4.25. The van der Waals surface area contributed by atoms with Crippen molar-refractivity contribution in [3.63, 3.8) is 0 Å². The van der Waals surface area contributed by atoms with Gasteiger partial charge in [0.25, 0.3) is 5.91 Å². The third-order valence-electron chi connectivity index (χ3n) is 4.07. The minimum Gasteiger partial charge on any atom is -0.339 e. The Morgan fingerprint density at radius 1 is 1.33 bits per heavy atom. The molecule has 0 bridgehead atoms. The average Bonchev–Trinajstić information content (AvgIpc) is 2.92. The zero-order valence-electron chi connectivity index (χ0n) is 12.1. The minimum atomic E-state index is -3.84. The molecular weight excluding hydrogens is 356 g/mol. The van der Waals surface area contributed by atoms with E-state index in [1.165, 1.54) is 12.1 Å². The number of hydrogen-bond acceptors (Lipinski definition) is 3. The molecule has 2 rings (SSSR count). The smallest absolute Gasteiger partial charge is 0.254 e. The summed E-state index contributed by atoms with van der Waals surface area (Å²) in [7, 11) is -2.07. The summed E-state index contributed by atoms with van der Waals surface area (Å²) >= 11 is 3.30. The van der Waals surface area contributed by atoms with Gasteiger partial charge in [-0.2, -0.15) is 0 Å². The summed E-state index contributed by atoms with van der Waals surface area (Å²) in [5.41, 5.74) is 1.10. The predicted octanol–water partition coefficient (Wildman–Crippen LogP) is 2.42. The van der Waals surface area contributed by atoms with E-state index in [-0.39, 0.29) is 16.8 Å². The van der Waals surface area contributed by atoms with Gasteiger partial charge in [0.1, 0.15) is 0 Å². The van der Waals surface area contributed by atoms with E-state index in [0.29, 0.717) is 10.0 Å². The van der Waals surface area contributed by atoms with Gasteiger partial charge in [0.05, 0.1) is 4.90 Å².